The minimum atomic E-state index is -0.567. The number of amides is 3. The van der Waals surface area contributed by atoms with Crippen LogP contribution in [0.3, 0.4) is 0 Å². The van der Waals surface area contributed by atoms with Gasteiger partial charge in [-0.15, -0.1) is 0 Å². The van der Waals surface area contributed by atoms with Crippen LogP contribution in [0.2, 0.25) is 0 Å². The molecule has 0 aliphatic carbocycles. The fraction of sp³-hybridized carbons (Fsp3) is 0.609. The molecule has 2 N–H and O–H groups in total. The van der Waals surface area contributed by atoms with E-state index in [0.717, 1.165) is 17.8 Å². The zero-order valence-corrected chi connectivity index (χ0v) is 18.9. The molecule has 31 heavy (non-hydrogen) atoms. The van der Waals surface area contributed by atoms with E-state index in [1.165, 1.54) is 0 Å². The minimum absolute atomic E-state index is 0.0204. The molecule has 1 aromatic rings. The molecule has 1 aromatic carbocycles. The third kappa shape index (κ3) is 6.43. The molecule has 3 rings (SSSR count). The first-order chi connectivity index (χ1) is 14.6. The van der Waals surface area contributed by atoms with Crippen LogP contribution >= 0.6 is 0 Å². The third-order valence-electron chi connectivity index (χ3n) is 5.71. The first-order valence-corrected chi connectivity index (χ1v) is 11.0. The molecule has 8 heteroatoms. The number of likely N-dealkylation sites (N-methyl/N-ethyl adjacent to an activating group) is 1. The van der Waals surface area contributed by atoms with Crippen LogP contribution in [0.15, 0.2) is 24.3 Å². The second-order valence-electron chi connectivity index (χ2n) is 9.47. The van der Waals surface area contributed by atoms with Gasteiger partial charge in [0.25, 0.3) is 0 Å². The van der Waals surface area contributed by atoms with Crippen molar-refractivity contribution in [3.63, 3.8) is 0 Å². The topological polar surface area (TPSA) is 91.0 Å². The van der Waals surface area contributed by atoms with Crippen molar-refractivity contribution in [2.45, 2.75) is 51.7 Å². The maximum absolute atomic E-state index is 13.0. The molecule has 2 atom stereocenters. The third-order valence-corrected chi connectivity index (χ3v) is 5.71. The van der Waals surface area contributed by atoms with Crippen LogP contribution in [0.25, 0.3) is 0 Å². The van der Waals surface area contributed by atoms with Crippen LogP contribution in [0.1, 0.15) is 39.2 Å². The Hall–Kier alpha value is -2.61. The molecule has 170 valence electrons. The highest BCUT2D eigenvalue weighted by atomic mass is 16.6. The van der Waals surface area contributed by atoms with E-state index in [4.69, 9.17) is 4.74 Å². The number of ether oxygens (including phenoxy) is 1. The Morgan fingerprint density at radius 3 is 2.71 bits per heavy atom. The van der Waals surface area contributed by atoms with Gasteiger partial charge in [0.1, 0.15) is 5.60 Å². The van der Waals surface area contributed by atoms with E-state index >= 15 is 0 Å². The van der Waals surface area contributed by atoms with Crippen LogP contribution in [0.5, 0.6) is 0 Å². The Kier molecular flexibility index (Phi) is 7.20. The molecular weight excluding hydrogens is 396 g/mol. The van der Waals surface area contributed by atoms with E-state index < -0.39 is 11.7 Å². The summed E-state index contributed by atoms with van der Waals surface area (Å²) in [5.74, 6) is -0.201. The smallest absolute Gasteiger partial charge is 0.407 e. The second kappa shape index (κ2) is 9.68. The minimum Gasteiger partial charge on any atom is -0.444 e. The van der Waals surface area contributed by atoms with Gasteiger partial charge in [-0.2, -0.15) is 0 Å². The van der Waals surface area contributed by atoms with Gasteiger partial charge in [0.05, 0.1) is 6.04 Å². The predicted octanol–water partition coefficient (Wildman–Crippen LogP) is 2.24. The summed E-state index contributed by atoms with van der Waals surface area (Å²) in [6.45, 7) is 7.85. The molecule has 2 aliphatic heterocycles. The summed E-state index contributed by atoms with van der Waals surface area (Å²) in [7, 11) is 2.01. The number of anilines is 1. The van der Waals surface area contributed by atoms with Crippen molar-refractivity contribution in [1.82, 2.24) is 15.1 Å². The Bertz CT molecular complexity index is 820. The summed E-state index contributed by atoms with van der Waals surface area (Å²) in [4.78, 5) is 41.5. The highest BCUT2D eigenvalue weighted by molar-refractivity contribution is 5.96. The highest BCUT2D eigenvalue weighted by Crippen LogP contribution is 2.28. The predicted molar refractivity (Wildman–Crippen MR) is 119 cm³/mol. The van der Waals surface area contributed by atoms with Gasteiger partial charge < -0.3 is 25.2 Å². The number of piperazine rings is 1. The SMILES string of the molecule is CN1CCN(C(=O)CC[C@H]2Cc3ccccc3NC2=O)[C@H](CNC(=O)OC(C)(C)C)C1. The number of nitrogens with zero attached hydrogens (tertiary/aromatic N) is 2. The fourth-order valence-corrected chi connectivity index (χ4v) is 4.12. The van der Waals surface area contributed by atoms with Crippen LogP contribution in [0, 0.1) is 5.92 Å². The number of carbonyl (C=O) groups is 3. The number of para-hydroxylation sites is 1. The van der Waals surface area contributed by atoms with Crippen LogP contribution < -0.4 is 10.6 Å². The van der Waals surface area contributed by atoms with Crippen molar-refractivity contribution in [2.24, 2.45) is 5.92 Å². The zero-order chi connectivity index (χ0) is 22.6. The molecule has 1 fully saturated rings. The lowest BCUT2D eigenvalue weighted by molar-refractivity contribution is -0.136. The molecule has 2 heterocycles. The van der Waals surface area contributed by atoms with Crippen molar-refractivity contribution >= 4 is 23.6 Å². The maximum atomic E-state index is 13.0. The van der Waals surface area contributed by atoms with Crippen molar-refractivity contribution in [1.29, 1.82) is 0 Å². The molecule has 0 bridgehead atoms. The number of benzene rings is 1. The van der Waals surface area contributed by atoms with Gasteiger partial charge in [0, 0.05) is 44.2 Å². The summed E-state index contributed by atoms with van der Waals surface area (Å²) >= 11 is 0. The summed E-state index contributed by atoms with van der Waals surface area (Å²) in [6.07, 6.45) is 0.997. The van der Waals surface area contributed by atoms with E-state index in [9.17, 15) is 14.4 Å². The monoisotopic (exact) mass is 430 g/mol. The average molecular weight is 431 g/mol. The van der Waals surface area contributed by atoms with Crippen LogP contribution in [-0.2, 0) is 20.7 Å². The average Bonchev–Trinajstić information content (AvgIpc) is 2.69. The van der Waals surface area contributed by atoms with E-state index in [1.807, 2.05) is 57.0 Å². The second-order valence-corrected chi connectivity index (χ2v) is 9.47. The normalized spacial score (nSPS) is 21.8. The first kappa shape index (κ1) is 23.1. The number of nitrogens with one attached hydrogen (secondary N) is 2. The molecule has 0 saturated carbocycles. The van der Waals surface area contributed by atoms with Gasteiger partial charge in [0.15, 0.2) is 0 Å². The Morgan fingerprint density at radius 1 is 1.23 bits per heavy atom. The highest BCUT2D eigenvalue weighted by Gasteiger charge is 2.32. The first-order valence-electron chi connectivity index (χ1n) is 11.0. The van der Waals surface area contributed by atoms with E-state index in [1.54, 1.807) is 0 Å². The molecular formula is C23H34N4O4. The lowest BCUT2D eigenvalue weighted by Gasteiger charge is -2.40. The quantitative estimate of drug-likeness (QED) is 0.748. The standard InChI is InChI=1S/C23H34N4O4/c1-23(2,3)31-22(30)24-14-18-15-26(4)11-12-27(18)20(28)10-9-17-13-16-7-5-6-8-19(16)25-21(17)29/h5-8,17-18H,9-15H2,1-4H3,(H,24,30)(H,25,29)/t17-,18+/m0/s1. The van der Waals surface area contributed by atoms with E-state index in [0.29, 0.717) is 38.9 Å². The van der Waals surface area contributed by atoms with E-state index in [2.05, 4.69) is 15.5 Å². The molecule has 0 aromatic heterocycles. The number of hydrogen-bond donors (Lipinski definition) is 2. The largest absolute Gasteiger partial charge is 0.444 e. The van der Waals surface area contributed by atoms with Crippen LogP contribution in [0.4, 0.5) is 10.5 Å². The number of carbonyl (C=O) groups excluding carboxylic acids is 3. The molecule has 8 nitrogen and oxygen atoms in total. The van der Waals surface area contributed by atoms with E-state index in [-0.39, 0.29) is 23.8 Å². The van der Waals surface area contributed by atoms with Crippen LogP contribution in [-0.4, -0.2) is 72.6 Å². The molecule has 0 unspecified atom stereocenters. The van der Waals surface area contributed by atoms with Crippen molar-refractivity contribution in [3.8, 4) is 0 Å². The number of rotatable bonds is 5. The van der Waals surface area contributed by atoms with Gasteiger partial charge in [0.2, 0.25) is 11.8 Å². The number of hydrogen-bond acceptors (Lipinski definition) is 5. The summed E-state index contributed by atoms with van der Waals surface area (Å²) in [5, 5.41) is 5.74. The Labute approximate surface area is 184 Å². The van der Waals surface area contributed by atoms with Gasteiger partial charge in [-0.05, 0) is 52.3 Å². The lowest BCUT2D eigenvalue weighted by atomic mass is 9.89. The summed E-state index contributed by atoms with van der Waals surface area (Å²) in [6, 6.07) is 7.66. The lowest BCUT2D eigenvalue weighted by Crippen LogP contribution is -2.58. The maximum Gasteiger partial charge on any atom is 0.407 e. The molecule has 1 saturated heterocycles. The van der Waals surface area contributed by atoms with Gasteiger partial charge >= 0.3 is 6.09 Å². The van der Waals surface area contributed by atoms with Crippen molar-refractivity contribution in [2.75, 3.05) is 38.5 Å². The summed E-state index contributed by atoms with van der Waals surface area (Å²) in [5.41, 5.74) is 1.41. The van der Waals surface area contributed by atoms with Crippen molar-refractivity contribution in [3.05, 3.63) is 29.8 Å². The molecule has 3 amide bonds. The zero-order valence-electron chi connectivity index (χ0n) is 18.9. The molecule has 2 aliphatic rings. The summed E-state index contributed by atoms with van der Waals surface area (Å²) < 4.78 is 5.31. The fourth-order valence-electron chi connectivity index (χ4n) is 4.12. The Balaban J connectivity index is 1.55. The number of alkyl carbamates (subject to hydrolysis) is 1. The van der Waals surface area contributed by atoms with Gasteiger partial charge in [-0.1, -0.05) is 18.2 Å². The van der Waals surface area contributed by atoms with Crippen molar-refractivity contribution < 1.29 is 19.1 Å². The molecule has 0 radical (unpaired) electrons. The van der Waals surface area contributed by atoms with Gasteiger partial charge in [-0.25, -0.2) is 4.79 Å². The Morgan fingerprint density at radius 2 is 1.97 bits per heavy atom. The van der Waals surface area contributed by atoms with Gasteiger partial charge in [-0.3, -0.25) is 9.59 Å². The molecule has 0 spiro atoms. The number of fused-ring (bicyclic) bond motifs is 1.